The van der Waals surface area contributed by atoms with Crippen molar-refractivity contribution in [3.63, 3.8) is 0 Å². The van der Waals surface area contributed by atoms with Crippen LogP contribution in [0, 0.1) is 13.8 Å². The number of aromatic nitrogens is 1. The minimum absolute atomic E-state index is 0.00521. The molecule has 0 radical (unpaired) electrons. The minimum atomic E-state index is -0.316. The molecule has 2 heterocycles. The number of hydrogen-bond acceptors (Lipinski definition) is 5. The Morgan fingerprint density at radius 2 is 1.73 bits per heavy atom. The molecule has 4 rings (SSSR count). The lowest BCUT2D eigenvalue weighted by Crippen LogP contribution is -2.49. The van der Waals surface area contributed by atoms with Gasteiger partial charge in [0.2, 0.25) is 5.91 Å². The van der Waals surface area contributed by atoms with Crippen LogP contribution in [-0.4, -0.2) is 47.0 Å². The number of anilines is 1. The zero-order valence-corrected chi connectivity index (χ0v) is 17.5. The molecule has 0 aliphatic carbocycles. The van der Waals surface area contributed by atoms with Crippen LogP contribution in [0.4, 0.5) is 5.69 Å². The molecule has 0 bridgehead atoms. The van der Waals surface area contributed by atoms with Crippen molar-refractivity contribution in [2.45, 2.75) is 26.4 Å². The van der Waals surface area contributed by atoms with E-state index in [4.69, 9.17) is 4.52 Å². The van der Waals surface area contributed by atoms with Crippen LogP contribution < -0.4 is 5.32 Å². The summed E-state index contributed by atoms with van der Waals surface area (Å²) in [5.74, 6) is 0.839. The van der Waals surface area contributed by atoms with E-state index in [9.17, 15) is 4.79 Å². The molecule has 1 fully saturated rings. The van der Waals surface area contributed by atoms with Gasteiger partial charge in [-0.05, 0) is 31.5 Å². The van der Waals surface area contributed by atoms with E-state index in [-0.39, 0.29) is 11.9 Å². The van der Waals surface area contributed by atoms with Gasteiger partial charge in [0.05, 0.1) is 5.69 Å². The number of amides is 1. The topological polar surface area (TPSA) is 61.6 Å². The fraction of sp³-hybridized carbons (Fsp3) is 0.333. The molecular formula is C24H28N4O2. The van der Waals surface area contributed by atoms with Crippen LogP contribution in [0.15, 0.2) is 65.2 Å². The van der Waals surface area contributed by atoms with E-state index < -0.39 is 0 Å². The number of carbonyl (C=O) groups excluding carboxylic acids is 1. The number of nitrogens with one attached hydrogen (secondary N) is 1. The van der Waals surface area contributed by atoms with E-state index in [1.807, 2.05) is 74.5 Å². The number of aryl methyl sites for hydroxylation is 2. The molecule has 0 spiro atoms. The molecule has 1 amide bonds. The first-order valence-electron chi connectivity index (χ1n) is 10.4. The van der Waals surface area contributed by atoms with Gasteiger partial charge in [-0.1, -0.05) is 53.2 Å². The fourth-order valence-corrected chi connectivity index (χ4v) is 3.91. The van der Waals surface area contributed by atoms with Crippen molar-refractivity contribution in [3.05, 3.63) is 83.2 Å². The van der Waals surface area contributed by atoms with E-state index >= 15 is 0 Å². The summed E-state index contributed by atoms with van der Waals surface area (Å²) < 4.78 is 5.18. The predicted octanol–water partition coefficient (Wildman–Crippen LogP) is 3.79. The maximum absolute atomic E-state index is 13.3. The molecule has 3 aromatic rings. The van der Waals surface area contributed by atoms with E-state index in [1.165, 1.54) is 5.56 Å². The zero-order chi connectivity index (χ0) is 20.9. The van der Waals surface area contributed by atoms with Gasteiger partial charge >= 0.3 is 0 Å². The van der Waals surface area contributed by atoms with Crippen LogP contribution in [-0.2, 0) is 11.3 Å². The number of carbonyl (C=O) groups is 1. The summed E-state index contributed by atoms with van der Waals surface area (Å²) in [6.07, 6.45) is 0. The Morgan fingerprint density at radius 3 is 2.37 bits per heavy atom. The Hall–Kier alpha value is -2.96. The summed E-state index contributed by atoms with van der Waals surface area (Å²) >= 11 is 0. The third-order valence-electron chi connectivity index (χ3n) is 5.52. The maximum atomic E-state index is 13.3. The van der Waals surface area contributed by atoms with Gasteiger partial charge in [0, 0.05) is 44.5 Å². The Kier molecular flexibility index (Phi) is 6.26. The second kappa shape index (κ2) is 9.24. The maximum Gasteiger partial charge on any atom is 0.246 e. The smallest absolute Gasteiger partial charge is 0.246 e. The molecule has 1 saturated heterocycles. The molecule has 1 aromatic heterocycles. The highest BCUT2D eigenvalue weighted by Gasteiger charge is 2.30. The molecule has 156 valence electrons. The van der Waals surface area contributed by atoms with Gasteiger partial charge in [-0.25, -0.2) is 0 Å². The van der Waals surface area contributed by atoms with Crippen LogP contribution >= 0.6 is 0 Å². The lowest BCUT2D eigenvalue weighted by atomic mass is 10.0. The fourth-order valence-electron chi connectivity index (χ4n) is 3.91. The molecule has 1 aliphatic heterocycles. The van der Waals surface area contributed by atoms with Crippen molar-refractivity contribution in [1.29, 1.82) is 0 Å². The van der Waals surface area contributed by atoms with Crippen LogP contribution in [0.5, 0.6) is 0 Å². The number of nitrogens with zero attached hydrogens (tertiary/aromatic N) is 3. The summed E-state index contributed by atoms with van der Waals surface area (Å²) in [5.41, 5.74) is 3.97. The van der Waals surface area contributed by atoms with Gasteiger partial charge in [0.1, 0.15) is 11.8 Å². The van der Waals surface area contributed by atoms with Gasteiger partial charge in [-0.3, -0.25) is 14.6 Å². The first-order chi connectivity index (χ1) is 14.6. The van der Waals surface area contributed by atoms with E-state index in [2.05, 4.69) is 20.3 Å². The van der Waals surface area contributed by atoms with Crippen molar-refractivity contribution < 1.29 is 9.32 Å². The average Bonchev–Trinajstić information content (AvgIpc) is 3.16. The molecule has 1 N–H and O–H groups in total. The Labute approximate surface area is 177 Å². The predicted molar refractivity (Wildman–Crippen MR) is 117 cm³/mol. The molecule has 1 unspecified atom stereocenters. The minimum Gasteiger partial charge on any atom is -0.361 e. The van der Waals surface area contributed by atoms with Crippen molar-refractivity contribution in [3.8, 4) is 0 Å². The van der Waals surface area contributed by atoms with Gasteiger partial charge in [0.15, 0.2) is 0 Å². The quantitative estimate of drug-likeness (QED) is 0.677. The Morgan fingerprint density at radius 1 is 1.03 bits per heavy atom. The Bertz CT molecular complexity index is 960. The largest absolute Gasteiger partial charge is 0.361 e. The second-order valence-electron chi connectivity index (χ2n) is 7.91. The second-order valence-corrected chi connectivity index (χ2v) is 7.91. The summed E-state index contributed by atoms with van der Waals surface area (Å²) in [7, 11) is 0. The lowest BCUT2D eigenvalue weighted by Gasteiger charge is -2.38. The first kappa shape index (κ1) is 20.3. The van der Waals surface area contributed by atoms with Gasteiger partial charge < -0.3 is 9.84 Å². The van der Waals surface area contributed by atoms with Crippen LogP contribution in [0.25, 0.3) is 0 Å². The SMILES string of the molecule is Cc1ccc(NC(=O)C(c2ccccc2)N2CCN(Cc3cc(C)on3)CC2)cc1. The number of benzene rings is 2. The molecule has 30 heavy (non-hydrogen) atoms. The molecule has 1 aliphatic rings. The zero-order valence-electron chi connectivity index (χ0n) is 17.5. The summed E-state index contributed by atoms with van der Waals surface area (Å²) in [5, 5.41) is 7.20. The third-order valence-corrected chi connectivity index (χ3v) is 5.52. The summed E-state index contributed by atoms with van der Waals surface area (Å²) in [4.78, 5) is 17.9. The highest BCUT2D eigenvalue weighted by atomic mass is 16.5. The van der Waals surface area contributed by atoms with E-state index in [0.717, 1.165) is 55.4 Å². The Balaban J connectivity index is 1.45. The average molecular weight is 405 g/mol. The molecule has 0 saturated carbocycles. The molecule has 1 atom stereocenters. The van der Waals surface area contributed by atoms with E-state index in [1.54, 1.807) is 0 Å². The first-order valence-corrected chi connectivity index (χ1v) is 10.4. The van der Waals surface area contributed by atoms with Crippen LogP contribution in [0.2, 0.25) is 0 Å². The third kappa shape index (κ3) is 4.96. The number of rotatable bonds is 6. The van der Waals surface area contributed by atoms with Crippen molar-refractivity contribution in [2.24, 2.45) is 0 Å². The van der Waals surface area contributed by atoms with E-state index in [0.29, 0.717) is 0 Å². The lowest BCUT2D eigenvalue weighted by molar-refractivity contribution is -0.122. The van der Waals surface area contributed by atoms with Crippen molar-refractivity contribution in [1.82, 2.24) is 15.0 Å². The van der Waals surface area contributed by atoms with Gasteiger partial charge in [-0.15, -0.1) is 0 Å². The number of piperazine rings is 1. The van der Waals surface area contributed by atoms with Gasteiger partial charge in [0.25, 0.3) is 0 Å². The molecular weight excluding hydrogens is 376 g/mol. The highest BCUT2D eigenvalue weighted by Crippen LogP contribution is 2.25. The van der Waals surface area contributed by atoms with Crippen molar-refractivity contribution in [2.75, 3.05) is 31.5 Å². The molecule has 6 heteroatoms. The highest BCUT2D eigenvalue weighted by molar-refractivity contribution is 5.95. The monoisotopic (exact) mass is 404 g/mol. The van der Waals surface area contributed by atoms with Crippen LogP contribution in [0.3, 0.4) is 0 Å². The normalized spacial score (nSPS) is 16.3. The standard InChI is InChI=1S/C24H28N4O2/c1-18-8-10-21(11-9-18)25-24(29)23(20-6-4-3-5-7-20)28-14-12-27(13-15-28)17-22-16-19(2)30-26-22/h3-11,16,23H,12-15,17H2,1-2H3,(H,25,29). The summed E-state index contributed by atoms with van der Waals surface area (Å²) in [6, 6.07) is 19.6. The molecule has 2 aromatic carbocycles. The molecule has 6 nitrogen and oxygen atoms in total. The summed E-state index contributed by atoms with van der Waals surface area (Å²) in [6.45, 7) is 8.12. The van der Waals surface area contributed by atoms with Crippen molar-refractivity contribution >= 4 is 11.6 Å². The number of hydrogen-bond donors (Lipinski definition) is 1. The van der Waals surface area contributed by atoms with Crippen LogP contribution in [0.1, 0.15) is 28.6 Å². The van der Waals surface area contributed by atoms with Gasteiger partial charge in [-0.2, -0.15) is 0 Å².